The van der Waals surface area contributed by atoms with Crippen molar-refractivity contribution in [3.63, 3.8) is 0 Å². The summed E-state index contributed by atoms with van der Waals surface area (Å²) in [6, 6.07) is 3.61. The fourth-order valence-electron chi connectivity index (χ4n) is 1.70. The van der Waals surface area contributed by atoms with E-state index in [2.05, 4.69) is 9.89 Å². The summed E-state index contributed by atoms with van der Waals surface area (Å²) in [4.78, 5) is 20.3. The Morgan fingerprint density at radius 1 is 1.50 bits per heavy atom. The van der Waals surface area contributed by atoms with Gasteiger partial charge < -0.3 is 14.4 Å². The van der Waals surface area contributed by atoms with E-state index in [9.17, 15) is 20.0 Å². The first kappa shape index (κ1) is 13.5. The highest BCUT2D eigenvalue weighted by molar-refractivity contribution is 5.71. The monoisotopic (exact) mass is 278 g/mol. The van der Waals surface area contributed by atoms with Crippen molar-refractivity contribution in [3.05, 3.63) is 40.1 Å². The Morgan fingerprint density at radius 2 is 2.30 bits per heavy atom. The molecule has 104 valence electrons. The van der Waals surface area contributed by atoms with Crippen molar-refractivity contribution in [3.8, 4) is 17.0 Å². The van der Waals surface area contributed by atoms with Crippen LogP contribution in [0.15, 0.2) is 29.0 Å². The molecule has 1 heterocycles. The molecule has 0 fully saturated rings. The van der Waals surface area contributed by atoms with E-state index in [-0.39, 0.29) is 29.3 Å². The minimum absolute atomic E-state index is 0.118. The van der Waals surface area contributed by atoms with Gasteiger partial charge in [-0.1, -0.05) is 5.16 Å². The molecule has 0 saturated heterocycles. The van der Waals surface area contributed by atoms with E-state index >= 15 is 0 Å². The van der Waals surface area contributed by atoms with Crippen LogP contribution in [0.5, 0.6) is 5.75 Å². The van der Waals surface area contributed by atoms with Gasteiger partial charge in [0, 0.05) is 24.1 Å². The second kappa shape index (κ2) is 5.83. The molecule has 0 saturated carbocycles. The minimum Gasteiger partial charge on any atom is -0.507 e. The van der Waals surface area contributed by atoms with Crippen LogP contribution in [0.3, 0.4) is 0 Å². The van der Waals surface area contributed by atoms with Crippen molar-refractivity contribution in [2.45, 2.75) is 6.42 Å². The molecule has 2 rings (SSSR count). The third kappa shape index (κ3) is 2.74. The summed E-state index contributed by atoms with van der Waals surface area (Å²) in [5, 5.41) is 24.3. The molecule has 2 aromatic rings. The number of nitro groups is 1. The van der Waals surface area contributed by atoms with Gasteiger partial charge in [-0.25, -0.2) is 0 Å². The zero-order valence-electron chi connectivity index (χ0n) is 10.2. The fourth-order valence-corrected chi connectivity index (χ4v) is 1.70. The number of nitro benzene ring substituents is 1. The number of nitrogens with zero attached hydrogens (tertiary/aromatic N) is 2. The number of hydrogen-bond acceptors (Lipinski definition) is 7. The maximum Gasteiger partial charge on any atom is 0.293 e. The molecule has 0 bridgehead atoms. The Kier molecular flexibility index (Phi) is 3.94. The molecule has 0 unspecified atom stereocenters. The Hall–Kier alpha value is -2.90. The third-order valence-corrected chi connectivity index (χ3v) is 2.65. The number of rotatable bonds is 6. The van der Waals surface area contributed by atoms with Crippen molar-refractivity contribution in [1.82, 2.24) is 5.16 Å². The summed E-state index contributed by atoms with van der Waals surface area (Å²) in [5.41, 5.74) is 0.869. The minimum atomic E-state index is -0.571. The second-order valence-electron chi connectivity index (χ2n) is 3.86. The fraction of sp³-hybridized carbons (Fsp3) is 0.167. The van der Waals surface area contributed by atoms with E-state index in [1.807, 2.05) is 0 Å². The van der Waals surface area contributed by atoms with E-state index in [1.165, 1.54) is 24.5 Å². The van der Waals surface area contributed by atoms with Crippen molar-refractivity contribution in [1.29, 1.82) is 0 Å². The van der Waals surface area contributed by atoms with Gasteiger partial charge in [-0.05, 0) is 6.07 Å². The smallest absolute Gasteiger partial charge is 0.293 e. The third-order valence-electron chi connectivity index (χ3n) is 2.65. The van der Waals surface area contributed by atoms with E-state index in [0.717, 1.165) is 0 Å². The van der Waals surface area contributed by atoms with Gasteiger partial charge in [0.15, 0.2) is 0 Å². The van der Waals surface area contributed by atoms with Gasteiger partial charge in [0.1, 0.15) is 17.7 Å². The molecule has 1 aromatic carbocycles. The lowest BCUT2D eigenvalue weighted by molar-refractivity contribution is -0.384. The van der Waals surface area contributed by atoms with Crippen LogP contribution in [0.2, 0.25) is 0 Å². The van der Waals surface area contributed by atoms with Crippen LogP contribution in [0.4, 0.5) is 5.69 Å². The molecule has 1 aromatic heterocycles. The first-order valence-corrected chi connectivity index (χ1v) is 5.59. The van der Waals surface area contributed by atoms with Crippen molar-refractivity contribution in [2.24, 2.45) is 0 Å². The number of benzene rings is 1. The quantitative estimate of drug-likeness (QED) is 0.369. The number of phenolic OH excluding ortho intramolecular Hbond substituents is 1. The van der Waals surface area contributed by atoms with Crippen molar-refractivity contribution >= 4 is 12.2 Å². The predicted molar refractivity (Wildman–Crippen MR) is 66.0 cm³/mol. The highest BCUT2D eigenvalue weighted by Crippen LogP contribution is 2.33. The van der Waals surface area contributed by atoms with Crippen LogP contribution in [-0.4, -0.2) is 28.3 Å². The lowest BCUT2D eigenvalue weighted by Gasteiger charge is -2.03. The normalized spacial score (nSPS) is 10.2. The summed E-state index contributed by atoms with van der Waals surface area (Å²) in [6.07, 6.45) is 1.65. The number of ether oxygens (including phenoxy) is 1. The van der Waals surface area contributed by atoms with Crippen LogP contribution >= 0.6 is 0 Å². The van der Waals surface area contributed by atoms with Gasteiger partial charge in [-0.15, -0.1) is 0 Å². The van der Waals surface area contributed by atoms with E-state index in [1.54, 1.807) is 0 Å². The SMILES string of the molecule is O=COCCc1conc1-c1cc([N+](=O)[O-])ccc1O. The largest absolute Gasteiger partial charge is 0.507 e. The van der Waals surface area contributed by atoms with Gasteiger partial charge in [-0.2, -0.15) is 0 Å². The number of carbonyl (C=O) groups is 1. The highest BCUT2D eigenvalue weighted by atomic mass is 16.6. The van der Waals surface area contributed by atoms with Crippen LogP contribution in [-0.2, 0) is 16.0 Å². The van der Waals surface area contributed by atoms with Gasteiger partial charge in [-0.3, -0.25) is 14.9 Å². The molecule has 0 atom stereocenters. The molecule has 20 heavy (non-hydrogen) atoms. The maximum absolute atomic E-state index is 10.8. The average molecular weight is 278 g/mol. The molecular formula is C12H10N2O6. The molecule has 0 amide bonds. The maximum atomic E-state index is 10.8. The first-order valence-electron chi connectivity index (χ1n) is 5.59. The predicted octanol–water partition coefficient (Wildman–Crippen LogP) is 1.67. The molecule has 8 nitrogen and oxygen atoms in total. The molecule has 0 aliphatic rings. The van der Waals surface area contributed by atoms with Crippen LogP contribution in [0.25, 0.3) is 11.3 Å². The van der Waals surface area contributed by atoms with Gasteiger partial charge in [0.05, 0.1) is 17.1 Å². The first-order chi connectivity index (χ1) is 9.63. The van der Waals surface area contributed by atoms with E-state index in [4.69, 9.17) is 4.52 Å². The Labute approximate surface area is 112 Å². The summed E-state index contributed by atoms with van der Waals surface area (Å²) in [5.74, 6) is -0.151. The zero-order valence-corrected chi connectivity index (χ0v) is 10.2. The Balaban J connectivity index is 2.36. The van der Waals surface area contributed by atoms with E-state index < -0.39 is 4.92 Å². The zero-order chi connectivity index (χ0) is 14.5. The molecule has 1 N–H and O–H groups in total. The molecular weight excluding hydrogens is 268 g/mol. The summed E-state index contributed by atoms with van der Waals surface area (Å²) in [6.45, 7) is 0.436. The van der Waals surface area contributed by atoms with Gasteiger partial charge in [0.25, 0.3) is 12.2 Å². The molecule has 0 aliphatic heterocycles. The Morgan fingerprint density at radius 3 is 3.00 bits per heavy atom. The van der Waals surface area contributed by atoms with Crippen molar-refractivity contribution < 1.29 is 24.1 Å². The molecule has 0 aliphatic carbocycles. The van der Waals surface area contributed by atoms with E-state index in [0.29, 0.717) is 18.5 Å². The van der Waals surface area contributed by atoms with Crippen LogP contribution < -0.4 is 0 Å². The number of carbonyl (C=O) groups excluding carboxylic acids is 1. The van der Waals surface area contributed by atoms with Gasteiger partial charge >= 0.3 is 0 Å². The molecule has 0 spiro atoms. The summed E-state index contributed by atoms with van der Waals surface area (Å²) < 4.78 is 9.38. The van der Waals surface area contributed by atoms with Gasteiger partial charge in [0.2, 0.25) is 0 Å². The molecule has 0 radical (unpaired) electrons. The number of hydrogen-bond donors (Lipinski definition) is 1. The standard InChI is InChI=1S/C12H10N2O6/c15-7-19-4-3-8-6-20-13-12(8)10-5-9(14(17)18)1-2-11(10)16/h1-2,5-7,16H,3-4H2. The van der Waals surface area contributed by atoms with Crippen LogP contribution in [0, 0.1) is 10.1 Å². The lowest BCUT2D eigenvalue weighted by Crippen LogP contribution is -1.97. The lowest BCUT2D eigenvalue weighted by atomic mass is 10.0. The number of aromatic nitrogens is 1. The number of non-ortho nitro benzene ring substituents is 1. The number of phenols is 1. The topological polar surface area (TPSA) is 116 Å². The summed E-state index contributed by atoms with van der Waals surface area (Å²) >= 11 is 0. The van der Waals surface area contributed by atoms with Crippen molar-refractivity contribution in [2.75, 3.05) is 6.61 Å². The van der Waals surface area contributed by atoms with Crippen LogP contribution in [0.1, 0.15) is 5.56 Å². The highest BCUT2D eigenvalue weighted by Gasteiger charge is 2.17. The summed E-state index contributed by atoms with van der Waals surface area (Å²) in [7, 11) is 0. The number of aromatic hydroxyl groups is 1. The molecule has 8 heteroatoms. The average Bonchev–Trinajstić information content (AvgIpc) is 2.87. The second-order valence-corrected chi connectivity index (χ2v) is 3.86. The Bertz CT molecular complexity index is 637.